The molecule has 1 aromatic carbocycles. The second-order valence-corrected chi connectivity index (χ2v) is 7.79. The molecule has 0 fully saturated rings. The van der Waals surface area contributed by atoms with Crippen LogP contribution in [0.4, 0.5) is 0 Å². The van der Waals surface area contributed by atoms with Crippen LogP contribution in [0.25, 0.3) is 0 Å². The lowest BCUT2D eigenvalue weighted by molar-refractivity contribution is 0.0949. The Kier molecular flexibility index (Phi) is 5.61. The Bertz CT molecular complexity index is 757. The van der Waals surface area contributed by atoms with Gasteiger partial charge in [-0.25, -0.2) is 0 Å². The maximum atomic E-state index is 12.5. The molecule has 0 amide bonds. The van der Waals surface area contributed by atoms with E-state index in [1.807, 2.05) is 47.2 Å². The lowest BCUT2D eigenvalue weighted by Gasteiger charge is -2.15. The zero-order valence-electron chi connectivity index (χ0n) is 12.8. The molecular weight excluding hydrogens is 360 g/mol. The Morgan fingerprint density at radius 3 is 1.75 bits per heavy atom. The van der Waals surface area contributed by atoms with Gasteiger partial charge in [-0.1, -0.05) is 35.9 Å². The van der Waals surface area contributed by atoms with Crippen molar-refractivity contribution in [3.05, 3.63) is 79.6 Å². The van der Waals surface area contributed by atoms with Gasteiger partial charge >= 0.3 is 0 Å². The van der Waals surface area contributed by atoms with Crippen molar-refractivity contribution in [3.63, 3.8) is 0 Å². The number of Topliss-reactive ketones (excluding diaryl/α,β-unsaturated/α-hetero) is 2. The highest BCUT2D eigenvalue weighted by Gasteiger charge is 2.22. The maximum Gasteiger partial charge on any atom is 0.173 e. The van der Waals surface area contributed by atoms with Crippen molar-refractivity contribution in [3.8, 4) is 0 Å². The summed E-state index contributed by atoms with van der Waals surface area (Å²) in [5, 5.41) is 4.43. The van der Waals surface area contributed by atoms with Gasteiger partial charge < -0.3 is 0 Å². The molecule has 3 rings (SSSR count). The van der Waals surface area contributed by atoms with Gasteiger partial charge in [-0.3, -0.25) is 9.59 Å². The number of rotatable bonds is 7. The van der Waals surface area contributed by atoms with E-state index in [1.54, 1.807) is 12.1 Å². The number of ketones is 2. The van der Waals surface area contributed by atoms with E-state index in [9.17, 15) is 9.59 Å². The number of halogens is 1. The van der Waals surface area contributed by atoms with Crippen molar-refractivity contribution in [2.24, 2.45) is 0 Å². The van der Waals surface area contributed by atoms with Crippen molar-refractivity contribution >= 4 is 45.8 Å². The first-order chi connectivity index (χ1) is 11.6. The predicted octanol–water partition coefficient (Wildman–Crippen LogP) is 6.09. The number of hydrogen-bond donors (Lipinski definition) is 0. The number of thiophene rings is 2. The third-order valence-electron chi connectivity index (χ3n) is 3.80. The van der Waals surface area contributed by atoms with Crippen LogP contribution in [0.2, 0.25) is 5.02 Å². The van der Waals surface area contributed by atoms with Crippen LogP contribution in [-0.4, -0.2) is 11.6 Å². The van der Waals surface area contributed by atoms with Crippen molar-refractivity contribution in [1.82, 2.24) is 0 Å². The lowest BCUT2D eigenvalue weighted by atomic mass is 9.88. The average Bonchev–Trinajstić information content (AvgIpc) is 3.28. The van der Waals surface area contributed by atoms with E-state index in [0.29, 0.717) is 17.9 Å². The molecule has 0 radical (unpaired) electrons. The molecule has 2 aromatic heterocycles. The van der Waals surface area contributed by atoms with Crippen LogP contribution in [-0.2, 0) is 0 Å². The van der Waals surface area contributed by atoms with Gasteiger partial charge in [-0.15, -0.1) is 22.7 Å². The molecule has 0 saturated heterocycles. The van der Waals surface area contributed by atoms with Crippen LogP contribution < -0.4 is 0 Å². The quantitative estimate of drug-likeness (QED) is 0.469. The summed E-state index contributed by atoms with van der Waals surface area (Å²) in [6.45, 7) is 0. The SMILES string of the molecule is O=C(CC(CC(=O)c1cccs1)c1ccc(Cl)cc1)c1cccs1. The topological polar surface area (TPSA) is 34.1 Å². The van der Waals surface area contributed by atoms with Crippen molar-refractivity contribution in [2.75, 3.05) is 0 Å². The number of hydrogen-bond acceptors (Lipinski definition) is 4. The van der Waals surface area contributed by atoms with Crippen LogP contribution in [0.1, 0.15) is 43.7 Å². The molecule has 0 aliphatic rings. The molecule has 122 valence electrons. The summed E-state index contributed by atoms with van der Waals surface area (Å²) in [6, 6.07) is 14.8. The molecule has 0 atom stereocenters. The van der Waals surface area contributed by atoms with E-state index >= 15 is 0 Å². The standard InChI is InChI=1S/C19H15ClO2S2/c20-15-7-5-13(6-8-15)14(11-16(21)18-3-1-9-23-18)12-17(22)19-4-2-10-24-19/h1-10,14H,11-12H2. The number of carbonyl (C=O) groups excluding carboxylic acids is 2. The highest BCUT2D eigenvalue weighted by Crippen LogP contribution is 2.29. The Morgan fingerprint density at radius 1 is 0.833 bits per heavy atom. The smallest absolute Gasteiger partial charge is 0.173 e. The molecular formula is C19H15ClO2S2. The lowest BCUT2D eigenvalue weighted by Crippen LogP contribution is -2.11. The largest absolute Gasteiger partial charge is 0.293 e. The van der Waals surface area contributed by atoms with Crippen molar-refractivity contribution in [2.45, 2.75) is 18.8 Å². The molecule has 0 bridgehead atoms. The van der Waals surface area contributed by atoms with E-state index in [0.717, 1.165) is 15.3 Å². The van der Waals surface area contributed by atoms with E-state index in [1.165, 1.54) is 22.7 Å². The van der Waals surface area contributed by atoms with Gasteiger partial charge in [0.25, 0.3) is 0 Å². The summed E-state index contributed by atoms with van der Waals surface area (Å²) in [7, 11) is 0. The van der Waals surface area contributed by atoms with Crippen LogP contribution in [0, 0.1) is 0 Å². The molecule has 0 N–H and O–H groups in total. The van der Waals surface area contributed by atoms with Gasteiger partial charge in [0.15, 0.2) is 11.6 Å². The maximum absolute atomic E-state index is 12.5. The molecule has 0 aliphatic carbocycles. The van der Waals surface area contributed by atoms with Gasteiger partial charge in [-0.2, -0.15) is 0 Å². The van der Waals surface area contributed by atoms with E-state index in [4.69, 9.17) is 11.6 Å². The minimum Gasteiger partial charge on any atom is -0.293 e. The summed E-state index contributed by atoms with van der Waals surface area (Å²) in [4.78, 5) is 26.5. The van der Waals surface area contributed by atoms with Crippen molar-refractivity contribution in [1.29, 1.82) is 0 Å². The van der Waals surface area contributed by atoms with Crippen LogP contribution in [0.5, 0.6) is 0 Å². The molecule has 0 aliphatic heterocycles. The second-order valence-electron chi connectivity index (χ2n) is 5.46. The van der Waals surface area contributed by atoms with Crippen LogP contribution in [0.15, 0.2) is 59.3 Å². The van der Waals surface area contributed by atoms with Gasteiger partial charge in [0.05, 0.1) is 9.75 Å². The Labute approximate surface area is 153 Å². The van der Waals surface area contributed by atoms with Crippen LogP contribution >= 0.6 is 34.3 Å². The van der Waals surface area contributed by atoms with E-state index in [2.05, 4.69) is 0 Å². The van der Waals surface area contributed by atoms with Crippen molar-refractivity contribution < 1.29 is 9.59 Å². The Morgan fingerprint density at radius 2 is 1.33 bits per heavy atom. The fourth-order valence-electron chi connectivity index (χ4n) is 2.57. The first-order valence-corrected chi connectivity index (χ1v) is 9.66. The molecule has 0 unspecified atom stereocenters. The van der Waals surface area contributed by atoms with E-state index < -0.39 is 0 Å². The highest BCUT2D eigenvalue weighted by molar-refractivity contribution is 7.12. The first kappa shape index (κ1) is 17.1. The minimum absolute atomic E-state index is 0.0731. The zero-order chi connectivity index (χ0) is 16.9. The molecule has 5 heteroatoms. The third-order valence-corrected chi connectivity index (χ3v) is 5.87. The number of carbonyl (C=O) groups is 2. The highest BCUT2D eigenvalue weighted by atomic mass is 35.5. The molecule has 0 spiro atoms. The summed E-state index contributed by atoms with van der Waals surface area (Å²) < 4.78 is 0. The summed E-state index contributed by atoms with van der Waals surface area (Å²) in [6.07, 6.45) is 0.637. The fourth-order valence-corrected chi connectivity index (χ4v) is 4.04. The normalized spacial score (nSPS) is 10.9. The minimum atomic E-state index is -0.147. The summed E-state index contributed by atoms with van der Waals surface area (Å²) in [5.41, 5.74) is 0.967. The second kappa shape index (κ2) is 7.88. The van der Waals surface area contributed by atoms with Gasteiger partial charge in [0.2, 0.25) is 0 Å². The zero-order valence-corrected chi connectivity index (χ0v) is 15.2. The molecule has 0 saturated carbocycles. The monoisotopic (exact) mass is 374 g/mol. The fraction of sp³-hybridized carbons (Fsp3) is 0.158. The number of benzene rings is 1. The average molecular weight is 375 g/mol. The third kappa shape index (κ3) is 4.20. The Hall–Kier alpha value is -1.75. The van der Waals surface area contributed by atoms with Crippen LogP contribution in [0.3, 0.4) is 0 Å². The summed E-state index contributed by atoms with van der Waals surface area (Å²) in [5.74, 6) is -0.000624. The Balaban J connectivity index is 1.81. The van der Waals surface area contributed by atoms with Gasteiger partial charge in [0.1, 0.15) is 0 Å². The molecule has 24 heavy (non-hydrogen) atoms. The first-order valence-electron chi connectivity index (χ1n) is 7.52. The molecule has 2 heterocycles. The predicted molar refractivity (Wildman–Crippen MR) is 101 cm³/mol. The molecule has 3 aromatic rings. The summed E-state index contributed by atoms with van der Waals surface area (Å²) >= 11 is 8.83. The van der Waals surface area contributed by atoms with Gasteiger partial charge in [0, 0.05) is 17.9 Å². The van der Waals surface area contributed by atoms with E-state index in [-0.39, 0.29) is 17.5 Å². The van der Waals surface area contributed by atoms with Gasteiger partial charge in [-0.05, 0) is 46.5 Å². The molecule has 2 nitrogen and oxygen atoms in total.